The van der Waals surface area contributed by atoms with Crippen LogP contribution in [0, 0.1) is 5.92 Å². The minimum absolute atomic E-state index is 0.175. The summed E-state index contributed by atoms with van der Waals surface area (Å²) in [4.78, 5) is 15.3. The van der Waals surface area contributed by atoms with Gasteiger partial charge in [0.15, 0.2) is 0 Å². The Kier molecular flexibility index (Phi) is 8.79. The molecular weight excluding hydrogens is 318 g/mol. The van der Waals surface area contributed by atoms with Crippen LogP contribution in [0.25, 0.3) is 0 Å². The quantitative estimate of drug-likeness (QED) is 0.453. The fraction of sp³-hybridized carbons (Fsp3) is 0.625. The molecule has 0 radical (unpaired) electrons. The summed E-state index contributed by atoms with van der Waals surface area (Å²) in [7, 11) is -2.03. The monoisotopic (exact) mass is 343 g/mol. The van der Waals surface area contributed by atoms with Gasteiger partial charge < -0.3 is 4.74 Å². The van der Waals surface area contributed by atoms with E-state index in [4.69, 9.17) is 4.18 Å². The van der Waals surface area contributed by atoms with Crippen LogP contribution < -0.4 is 0 Å². The molecule has 0 aliphatic rings. The third-order valence-corrected chi connectivity index (χ3v) is 4.20. The van der Waals surface area contributed by atoms with Crippen LogP contribution in [-0.4, -0.2) is 39.3 Å². The van der Waals surface area contributed by atoms with Crippen molar-refractivity contribution in [2.24, 2.45) is 5.92 Å². The van der Waals surface area contributed by atoms with Crippen LogP contribution in [0.3, 0.4) is 0 Å². The Labute approximate surface area is 138 Å². The molecule has 1 rings (SSSR count). The minimum atomic E-state index is -3.41. The summed E-state index contributed by atoms with van der Waals surface area (Å²) < 4.78 is 31.5. The highest BCUT2D eigenvalue weighted by atomic mass is 32.2. The highest BCUT2D eigenvalue weighted by molar-refractivity contribution is 7.85. The summed E-state index contributed by atoms with van der Waals surface area (Å²) in [6.07, 6.45) is 8.98. The van der Waals surface area contributed by atoms with Crippen molar-refractivity contribution in [1.82, 2.24) is 4.98 Å². The van der Waals surface area contributed by atoms with Gasteiger partial charge in [0.2, 0.25) is 0 Å². The second-order valence-corrected chi connectivity index (χ2v) is 7.19. The first-order valence-corrected chi connectivity index (χ1v) is 9.52. The number of ether oxygens (including phenoxy) is 1. The molecule has 1 aromatic rings. The normalized spacial score (nSPS) is 12.8. The van der Waals surface area contributed by atoms with Gasteiger partial charge in [-0.05, 0) is 49.7 Å². The van der Waals surface area contributed by atoms with Crippen molar-refractivity contribution in [1.29, 1.82) is 0 Å². The van der Waals surface area contributed by atoms with Gasteiger partial charge in [0.1, 0.15) is 0 Å². The van der Waals surface area contributed by atoms with E-state index in [2.05, 4.69) is 9.72 Å². The van der Waals surface area contributed by atoms with Crippen molar-refractivity contribution in [3.8, 4) is 0 Å². The number of carbonyl (C=O) groups excluding carboxylic acids is 1. The largest absolute Gasteiger partial charge is 0.469 e. The van der Waals surface area contributed by atoms with E-state index >= 15 is 0 Å². The number of aromatic nitrogens is 1. The van der Waals surface area contributed by atoms with E-state index in [0.29, 0.717) is 18.8 Å². The Hall–Kier alpha value is -1.47. The number of carbonyl (C=O) groups is 1. The molecule has 1 heterocycles. The van der Waals surface area contributed by atoms with Crippen molar-refractivity contribution in [2.45, 2.75) is 38.5 Å². The van der Waals surface area contributed by atoms with Crippen LogP contribution in [0.15, 0.2) is 24.5 Å². The Morgan fingerprint density at radius 2 is 2.09 bits per heavy atom. The van der Waals surface area contributed by atoms with Gasteiger partial charge in [-0.15, -0.1) is 0 Å². The highest BCUT2D eigenvalue weighted by Gasteiger charge is 2.12. The topological polar surface area (TPSA) is 82.6 Å². The molecule has 6 nitrogen and oxygen atoms in total. The molecule has 0 aliphatic heterocycles. The molecule has 23 heavy (non-hydrogen) atoms. The molecule has 7 heteroatoms. The molecular formula is C16H25NO5S. The number of methoxy groups -OCH3 is 1. The molecule has 0 saturated carbocycles. The number of nitrogens with zero attached hydrogens (tertiary/aromatic N) is 1. The minimum Gasteiger partial charge on any atom is -0.469 e. The maximum Gasteiger partial charge on any atom is 0.305 e. The molecule has 0 aliphatic carbocycles. The fourth-order valence-corrected chi connectivity index (χ4v) is 2.75. The van der Waals surface area contributed by atoms with Gasteiger partial charge in [0, 0.05) is 18.8 Å². The number of aryl methyl sites for hydroxylation is 1. The van der Waals surface area contributed by atoms with Crippen molar-refractivity contribution < 1.29 is 22.1 Å². The molecule has 1 aromatic heterocycles. The number of pyridine rings is 1. The van der Waals surface area contributed by atoms with Crippen LogP contribution in [0.4, 0.5) is 0 Å². The average molecular weight is 343 g/mol. The molecule has 0 amide bonds. The molecule has 0 saturated heterocycles. The lowest BCUT2D eigenvalue weighted by Gasteiger charge is -2.16. The maximum atomic E-state index is 11.2. The van der Waals surface area contributed by atoms with Crippen molar-refractivity contribution in [3.63, 3.8) is 0 Å². The van der Waals surface area contributed by atoms with Crippen LogP contribution >= 0.6 is 0 Å². The van der Waals surface area contributed by atoms with Gasteiger partial charge in [0.05, 0.1) is 20.0 Å². The number of esters is 1. The van der Waals surface area contributed by atoms with Crippen LogP contribution in [0.5, 0.6) is 0 Å². The first-order valence-electron chi connectivity index (χ1n) is 7.71. The molecule has 130 valence electrons. The predicted molar refractivity (Wildman–Crippen MR) is 87.3 cm³/mol. The first kappa shape index (κ1) is 19.6. The Bertz CT molecular complexity index is 559. The first-order chi connectivity index (χ1) is 10.9. The van der Waals surface area contributed by atoms with E-state index < -0.39 is 10.1 Å². The molecule has 0 N–H and O–H groups in total. The van der Waals surface area contributed by atoms with Crippen LogP contribution in [-0.2, 0) is 30.3 Å². The third kappa shape index (κ3) is 10.0. The zero-order chi connectivity index (χ0) is 17.1. The van der Waals surface area contributed by atoms with Gasteiger partial charge in [-0.25, -0.2) is 0 Å². The second kappa shape index (κ2) is 10.3. The second-order valence-electron chi connectivity index (χ2n) is 5.55. The van der Waals surface area contributed by atoms with Gasteiger partial charge in [-0.3, -0.25) is 14.0 Å². The molecule has 1 atom stereocenters. The van der Waals surface area contributed by atoms with E-state index in [0.717, 1.165) is 37.5 Å². The number of hydrogen-bond donors (Lipinski definition) is 0. The highest BCUT2D eigenvalue weighted by Crippen LogP contribution is 2.20. The lowest BCUT2D eigenvalue weighted by atomic mass is 9.92. The molecule has 0 spiro atoms. The lowest BCUT2D eigenvalue weighted by molar-refractivity contribution is -0.140. The molecule has 0 aromatic carbocycles. The maximum absolute atomic E-state index is 11.2. The zero-order valence-electron chi connectivity index (χ0n) is 13.7. The van der Waals surface area contributed by atoms with Crippen LogP contribution in [0.2, 0.25) is 0 Å². The van der Waals surface area contributed by atoms with Crippen LogP contribution in [0.1, 0.15) is 37.7 Å². The third-order valence-electron chi connectivity index (χ3n) is 3.61. The Morgan fingerprint density at radius 1 is 1.30 bits per heavy atom. The van der Waals surface area contributed by atoms with Crippen molar-refractivity contribution in [2.75, 3.05) is 20.0 Å². The van der Waals surface area contributed by atoms with E-state index in [1.807, 2.05) is 18.3 Å². The van der Waals surface area contributed by atoms with Crippen molar-refractivity contribution in [3.05, 3.63) is 30.1 Å². The van der Waals surface area contributed by atoms with E-state index in [1.54, 1.807) is 6.20 Å². The lowest BCUT2D eigenvalue weighted by Crippen LogP contribution is -2.11. The van der Waals surface area contributed by atoms with Gasteiger partial charge in [0.25, 0.3) is 10.1 Å². The molecule has 0 bridgehead atoms. The summed E-state index contributed by atoms with van der Waals surface area (Å²) in [6.45, 7) is 0.175. The zero-order valence-corrected chi connectivity index (χ0v) is 14.5. The van der Waals surface area contributed by atoms with E-state index in [1.165, 1.54) is 7.11 Å². The average Bonchev–Trinajstić information content (AvgIpc) is 2.51. The van der Waals surface area contributed by atoms with E-state index in [9.17, 15) is 13.2 Å². The standard InChI is InChI=1S/C16H25NO5S/c1-21-16(18)7-3-5-14(10-12-22-23(2,19)20)8-9-15-6-4-11-17-13-15/h4,6,11,13-14H,3,5,7-10,12H2,1-2H3. The smallest absolute Gasteiger partial charge is 0.305 e. The number of hydrogen-bond acceptors (Lipinski definition) is 6. The van der Waals surface area contributed by atoms with E-state index in [-0.39, 0.29) is 12.6 Å². The summed E-state index contributed by atoms with van der Waals surface area (Å²) in [5.41, 5.74) is 1.15. The van der Waals surface area contributed by atoms with Gasteiger partial charge in [-0.2, -0.15) is 8.42 Å². The molecule has 0 fully saturated rings. The molecule has 1 unspecified atom stereocenters. The summed E-state index contributed by atoms with van der Waals surface area (Å²) >= 11 is 0. The van der Waals surface area contributed by atoms with Gasteiger partial charge >= 0.3 is 5.97 Å². The number of rotatable bonds is 11. The summed E-state index contributed by atoms with van der Waals surface area (Å²) in [5.74, 6) is 0.0741. The fourth-order valence-electron chi connectivity index (χ4n) is 2.35. The SMILES string of the molecule is COC(=O)CCCC(CCOS(C)(=O)=O)CCc1cccnc1. The van der Waals surface area contributed by atoms with Gasteiger partial charge in [-0.1, -0.05) is 6.07 Å². The Balaban J connectivity index is 2.44. The summed E-state index contributed by atoms with van der Waals surface area (Å²) in [5, 5.41) is 0. The summed E-state index contributed by atoms with van der Waals surface area (Å²) in [6, 6.07) is 3.92. The van der Waals surface area contributed by atoms with Crippen molar-refractivity contribution >= 4 is 16.1 Å². The predicted octanol–water partition coefficient (Wildman–Crippen LogP) is 2.34. The Morgan fingerprint density at radius 3 is 2.70 bits per heavy atom.